The number of likely N-dealkylation sites (tertiary alicyclic amines) is 1. The van der Waals surface area contributed by atoms with Crippen LogP contribution in [0.15, 0.2) is 12.1 Å². The van der Waals surface area contributed by atoms with Crippen molar-refractivity contribution in [1.29, 1.82) is 0 Å². The lowest BCUT2D eigenvalue weighted by Crippen LogP contribution is -3.17. The topological polar surface area (TPSA) is 21.5 Å². The van der Waals surface area contributed by atoms with Crippen LogP contribution in [0.25, 0.3) is 0 Å². The minimum atomic E-state index is 0.247. The molecular formula is C13H19ClNOS+. The third kappa shape index (κ3) is 3.30. The van der Waals surface area contributed by atoms with E-state index in [9.17, 15) is 4.79 Å². The Labute approximate surface area is 112 Å². The Morgan fingerprint density at radius 3 is 3.00 bits per heavy atom. The molecule has 0 radical (unpaired) electrons. The number of piperidine rings is 1. The maximum atomic E-state index is 12.1. The Balaban J connectivity index is 1.97. The largest absolute Gasteiger partial charge is 0.326 e. The molecule has 94 valence electrons. The SMILES string of the molecule is CC[C@@H]1CCCC[NH+]1CC(=O)c1ccc(Cl)s1. The number of carbonyl (C=O) groups is 1. The molecule has 2 atom stereocenters. The molecular weight excluding hydrogens is 254 g/mol. The number of hydrogen-bond acceptors (Lipinski definition) is 2. The molecule has 2 nitrogen and oxygen atoms in total. The molecule has 0 aromatic carbocycles. The van der Waals surface area contributed by atoms with Crippen LogP contribution in [0.1, 0.15) is 42.3 Å². The van der Waals surface area contributed by atoms with E-state index in [1.807, 2.05) is 12.1 Å². The Hall–Kier alpha value is -0.380. The van der Waals surface area contributed by atoms with Crippen molar-refractivity contribution in [2.24, 2.45) is 0 Å². The molecule has 17 heavy (non-hydrogen) atoms. The van der Waals surface area contributed by atoms with Gasteiger partial charge < -0.3 is 4.90 Å². The van der Waals surface area contributed by atoms with Crippen LogP contribution in [0, 0.1) is 0 Å². The first-order valence-corrected chi connectivity index (χ1v) is 7.53. The van der Waals surface area contributed by atoms with Crippen molar-refractivity contribution in [3.05, 3.63) is 21.3 Å². The van der Waals surface area contributed by atoms with Gasteiger partial charge in [-0.3, -0.25) is 4.79 Å². The van der Waals surface area contributed by atoms with E-state index in [2.05, 4.69) is 6.92 Å². The molecule has 1 aromatic rings. The van der Waals surface area contributed by atoms with Gasteiger partial charge in [-0.05, 0) is 37.8 Å². The molecule has 0 amide bonds. The van der Waals surface area contributed by atoms with E-state index in [4.69, 9.17) is 11.6 Å². The van der Waals surface area contributed by atoms with Crippen LogP contribution in [-0.2, 0) is 0 Å². The highest BCUT2D eigenvalue weighted by Crippen LogP contribution is 2.21. The lowest BCUT2D eigenvalue weighted by Gasteiger charge is -2.31. The van der Waals surface area contributed by atoms with Gasteiger partial charge in [0, 0.05) is 0 Å². The highest BCUT2D eigenvalue weighted by atomic mass is 35.5. The summed E-state index contributed by atoms with van der Waals surface area (Å²) in [6.07, 6.45) is 5.02. The smallest absolute Gasteiger partial charge is 0.226 e. The summed E-state index contributed by atoms with van der Waals surface area (Å²) < 4.78 is 0.703. The summed E-state index contributed by atoms with van der Waals surface area (Å²) in [6, 6.07) is 4.32. The van der Waals surface area contributed by atoms with Crippen molar-refractivity contribution in [2.75, 3.05) is 13.1 Å². The third-order valence-electron chi connectivity index (χ3n) is 3.61. The fourth-order valence-corrected chi connectivity index (χ4v) is 3.61. The maximum Gasteiger partial charge on any atom is 0.226 e. The number of hydrogen-bond donors (Lipinski definition) is 1. The number of Topliss-reactive ketones (excluding diaryl/α,β-unsaturated/α-hetero) is 1. The second-order valence-corrected chi connectivity index (χ2v) is 6.43. The minimum absolute atomic E-state index is 0.247. The van der Waals surface area contributed by atoms with Gasteiger partial charge >= 0.3 is 0 Å². The molecule has 1 fully saturated rings. The van der Waals surface area contributed by atoms with Crippen LogP contribution in [0.4, 0.5) is 0 Å². The molecule has 0 bridgehead atoms. The van der Waals surface area contributed by atoms with Crippen molar-refractivity contribution in [3.8, 4) is 0 Å². The van der Waals surface area contributed by atoms with Gasteiger partial charge in [-0.15, -0.1) is 11.3 Å². The van der Waals surface area contributed by atoms with Crippen molar-refractivity contribution in [1.82, 2.24) is 0 Å². The van der Waals surface area contributed by atoms with Gasteiger partial charge in [0.15, 0.2) is 0 Å². The van der Waals surface area contributed by atoms with E-state index in [0.717, 1.165) is 11.4 Å². The predicted molar refractivity (Wildman–Crippen MR) is 72.3 cm³/mol. The fraction of sp³-hybridized carbons (Fsp3) is 0.615. The summed E-state index contributed by atoms with van der Waals surface area (Å²) in [4.78, 5) is 14.4. The summed E-state index contributed by atoms with van der Waals surface area (Å²) in [6.45, 7) is 4.00. The molecule has 0 spiro atoms. The quantitative estimate of drug-likeness (QED) is 0.836. The van der Waals surface area contributed by atoms with Gasteiger partial charge in [-0.25, -0.2) is 0 Å². The fourth-order valence-electron chi connectivity index (χ4n) is 2.63. The number of quaternary nitrogens is 1. The van der Waals surface area contributed by atoms with E-state index in [1.54, 1.807) is 0 Å². The number of thiophene rings is 1. The van der Waals surface area contributed by atoms with Crippen LogP contribution < -0.4 is 4.90 Å². The van der Waals surface area contributed by atoms with Crippen molar-refractivity contribution >= 4 is 28.7 Å². The number of carbonyl (C=O) groups excluding carboxylic acids is 1. The summed E-state index contributed by atoms with van der Waals surface area (Å²) in [7, 11) is 0. The lowest BCUT2D eigenvalue weighted by atomic mass is 10.00. The normalized spacial score (nSPS) is 24.8. The van der Waals surface area contributed by atoms with Gasteiger partial charge in [0.2, 0.25) is 5.78 Å². The van der Waals surface area contributed by atoms with E-state index < -0.39 is 0 Å². The number of ketones is 1. The van der Waals surface area contributed by atoms with Crippen molar-refractivity contribution < 1.29 is 9.69 Å². The van der Waals surface area contributed by atoms with Gasteiger partial charge in [0.05, 0.1) is 21.8 Å². The first-order valence-electron chi connectivity index (χ1n) is 6.33. The van der Waals surface area contributed by atoms with Crippen LogP contribution in [0.2, 0.25) is 4.34 Å². The van der Waals surface area contributed by atoms with Crippen LogP contribution in [0.5, 0.6) is 0 Å². The van der Waals surface area contributed by atoms with E-state index in [-0.39, 0.29) is 5.78 Å². The molecule has 0 aliphatic carbocycles. The highest BCUT2D eigenvalue weighted by Gasteiger charge is 2.27. The predicted octanol–water partition coefficient (Wildman–Crippen LogP) is 2.43. The van der Waals surface area contributed by atoms with Gasteiger partial charge in [0.1, 0.15) is 6.54 Å². The number of halogens is 1. The first kappa shape index (κ1) is 13.1. The van der Waals surface area contributed by atoms with Crippen LogP contribution in [-0.4, -0.2) is 24.9 Å². The van der Waals surface area contributed by atoms with E-state index in [0.29, 0.717) is 16.9 Å². The molecule has 1 aromatic heterocycles. The Morgan fingerprint density at radius 1 is 1.53 bits per heavy atom. The third-order valence-corrected chi connectivity index (χ3v) is 4.88. The van der Waals surface area contributed by atoms with Crippen LogP contribution >= 0.6 is 22.9 Å². The van der Waals surface area contributed by atoms with Crippen molar-refractivity contribution in [2.45, 2.75) is 38.6 Å². The second-order valence-electron chi connectivity index (χ2n) is 4.71. The van der Waals surface area contributed by atoms with E-state index >= 15 is 0 Å². The summed E-state index contributed by atoms with van der Waals surface area (Å²) in [5.74, 6) is 0.247. The molecule has 2 rings (SSSR count). The molecule has 1 aliphatic heterocycles. The molecule has 1 aliphatic rings. The Bertz CT molecular complexity index is 391. The molecule has 1 saturated heterocycles. The average Bonchev–Trinajstić information content (AvgIpc) is 2.77. The monoisotopic (exact) mass is 272 g/mol. The zero-order valence-electron chi connectivity index (χ0n) is 10.2. The lowest BCUT2D eigenvalue weighted by molar-refractivity contribution is -0.922. The first-order chi connectivity index (χ1) is 8.20. The molecule has 1 N–H and O–H groups in total. The summed E-state index contributed by atoms with van der Waals surface area (Å²) >= 11 is 7.26. The average molecular weight is 273 g/mol. The Morgan fingerprint density at radius 2 is 2.35 bits per heavy atom. The zero-order valence-corrected chi connectivity index (χ0v) is 11.7. The minimum Gasteiger partial charge on any atom is -0.326 e. The van der Waals surface area contributed by atoms with Crippen LogP contribution in [0.3, 0.4) is 0 Å². The molecule has 0 saturated carbocycles. The van der Waals surface area contributed by atoms with E-state index in [1.165, 1.54) is 41.9 Å². The molecule has 4 heteroatoms. The summed E-state index contributed by atoms with van der Waals surface area (Å²) in [5.41, 5.74) is 0. The second kappa shape index (κ2) is 5.98. The molecule has 1 unspecified atom stereocenters. The molecule has 2 heterocycles. The number of nitrogens with one attached hydrogen (secondary N) is 1. The van der Waals surface area contributed by atoms with Gasteiger partial charge in [-0.2, -0.15) is 0 Å². The zero-order chi connectivity index (χ0) is 12.3. The number of rotatable bonds is 4. The van der Waals surface area contributed by atoms with Gasteiger partial charge in [0.25, 0.3) is 0 Å². The highest BCUT2D eigenvalue weighted by molar-refractivity contribution is 7.18. The standard InChI is InChI=1S/C13H18ClNOS/c1-2-10-5-3-4-8-15(10)9-11(16)12-6-7-13(14)17-12/h6-7,10H,2-5,8-9H2,1H3/p+1/t10-/m1/s1. The van der Waals surface area contributed by atoms with Crippen molar-refractivity contribution in [3.63, 3.8) is 0 Å². The summed E-state index contributed by atoms with van der Waals surface area (Å²) in [5, 5.41) is 0. The maximum absolute atomic E-state index is 12.1. The van der Waals surface area contributed by atoms with Gasteiger partial charge in [-0.1, -0.05) is 18.5 Å². The Kier molecular flexibility index (Phi) is 4.60.